The Bertz CT molecular complexity index is 793. The number of aryl methyl sites for hydroxylation is 1. The van der Waals surface area contributed by atoms with Gasteiger partial charge in [-0.3, -0.25) is 10.1 Å². The molecule has 2 rings (SSSR count). The molecule has 0 aliphatic heterocycles. The van der Waals surface area contributed by atoms with Crippen LogP contribution in [-0.4, -0.2) is 17.6 Å². The summed E-state index contributed by atoms with van der Waals surface area (Å²) in [5.74, 6) is 0.836. The lowest BCUT2D eigenvalue weighted by molar-refractivity contribution is 0.0977. The van der Waals surface area contributed by atoms with Crippen LogP contribution in [0.1, 0.15) is 36.7 Å². The van der Waals surface area contributed by atoms with E-state index in [2.05, 4.69) is 60.1 Å². The van der Waals surface area contributed by atoms with Crippen molar-refractivity contribution in [1.29, 1.82) is 0 Å². The minimum atomic E-state index is -0.263. The maximum atomic E-state index is 12.4. The van der Waals surface area contributed by atoms with E-state index in [1.807, 2.05) is 18.2 Å². The van der Waals surface area contributed by atoms with Crippen molar-refractivity contribution in [2.75, 3.05) is 11.9 Å². The molecular formula is C20H23IN2O2S. The first-order chi connectivity index (χ1) is 12.4. The Morgan fingerprint density at radius 1 is 1.23 bits per heavy atom. The summed E-state index contributed by atoms with van der Waals surface area (Å²) < 4.78 is 6.84. The molecule has 2 aromatic rings. The van der Waals surface area contributed by atoms with Crippen molar-refractivity contribution in [3.63, 3.8) is 0 Å². The summed E-state index contributed by atoms with van der Waals surface area (Å²) in [7, 11) is 0. The molecule has 0 fully saturated rings. The van der Waals surface area contributed by atoms with Crippen LogP contribution in [0.5, 0.6) is 5.75 Å². The summed E-state index contributed by atoms with van der Waals surface area (Å²) >= 11 is 7.57. The summed E-state index contributed by atoms with van der Waals surface area (Å²) in [4.78, 5) is 12.4. The van der Waals surface area contributed by atoms with Crippen LogP contribution in [0.15, 0.2) is 42.5 Å². The highest BCUT2D eigenvalue weighted by Crippen LogP contribution is 2.19. The molecule has 0 unspecified atom stereocenters. The highest BCUT2D eigenvalue weighted by atomic mass is 127. The molecule has 26 heavy (non-hydrogen) atoms. The second-order valence-electron chi connectivity index (χ2n) is 6.30. The fourth-order valence-corrected chi connectivity index (χ4v) is 3.05. The van der Waals surface area contributed by atoms with Crippen molar-refractivity contribution in [1.82, 2.24) is 5.32 Å². The monoisotopic (exact) mass is 482 g/mol. The van der Waals surface area contributed by atoms with E-state index in [1.165, 1.54) is 0 Å². The summed E-state index contributed by atoms with van der Waals surface area (Å²) in [6, 6.07) is 13.2. The minimum Gasteiger partial charge on any atom is -0.493 e. The number of anilines is 1. The van der Waals surface area contributed by atoms with Crippen LogP contribution >= 0.6 is 34.8 Å². The van der Waals surface area contributed by atoms with Crippen molar-refractivity contribution in [2.45, 2.75) is 27.2 Å². The molecule has 0 spiro atoms. The molecule has 0 saturated heterocycles. The van der Waals surface area contributed by atoms with E-state index in [0.29, 0.717) is 23.8 Å². The zero-order chi connectivity index (χ0) is 19.1. The van der Waals surface area contributed by atoms with Gasteiger partial charge in [-0.1, -0.05) is 26.8 Å². The van der Waals surface area contributed by atoms with E-state index in [0.717, 1.165) is 21.2 Å². The lowest BCUT2D eigenvalue weighted by atomic mass is 10.1. The van der Waals surface area contributed by atoms with E-state index < -0.39 is 0 Å². The van der Waals surface area contributed by atoms with Gasteiger partial charge >= 0.3 is 0 Å². The van der Waals surface area contributed by atoms with Gasteiger partial charge < -0.3 is 10.1 Å². The number of carbonyl (C=O) groups is 1. The van der Waals surface area contributed by atoms with Gasteiger partial charge in [0.15, 0.2) is 5.11 Å². The fourth-order valence-electron chi connectivity index (χ4n) is 2.30. The van der Waals surface area contributed by atoms with Gasteiger partial charge in [0.1, 0.15) is 5.75 Å². The van der Waals surface area contributed by atoms with Crippen LogP contribution in [0.4, 0.5) is 5.69 Å². The topological polar surface area (TPSA) is 50.4 Å². The van der Waals surface area contributed by atoms with Gasteiger partial charge in [0.05, 0.1) is 6.61 Å². The normalized spacial score (nSPS) is 10.5. The van der Waals surface area contributed by atoms with Crippen LogP contribution in [0, 0.1) is 9.49 Å². The molecule has 1 amide bonds. The van der Waals surface area contributed by atoms with Crippen LogP contribution < -0.4 is 15.4 Å². The van der Waals surface area contributed by atoms with Crippen molar-refractivity contribution >= 4 is 51.5 Å². The second kappa shape index (κ2) is 9.87. The maximum Gasteiger partial charge on any atom is 0.257 e. The molecule has 138 valence electrons. The predicted octanol–water partition coefficient (Wildman–Crippen LogP) is 5.02. The van der Waals surface area contributed by atoms with Crippen LogP contribution in [-0.2, 0) is 6.42 Å². The van der Waals surface area contributed by atoms with E-state index >= 15 is 0 Å². The molecular weight excluding hydrogens is 459 g/mol. The van der Waals surface area contributed by atoms with E-state index in [9.17, 15) is 4.79 Å². The van der Waals surface area contributed by atoms with Crippen molar-refractivity contribution in [3.8, 4) is 5.75 Å². The highest BCUT2D eigenvalue weighted by molar-refractivity contribution is 14.1. The average molecular weight is 482 g/mol. The number of thiocarbonyl (C=S) groups is 1. The van der Waals surface area contributed by atoms with Gasteiger partial charge in [-0.25, -0.2) is 0 Å². The third-order valence-corrected chi connectivity index (χ3v) is 4.48. The fraction of sp³-hybridized carbons (Fsp3) is 0.300. The summed E-state index contributed by atoms with van der Waals surface area (Å²) in [6.07, 6.45) is 0.880. The number of rotatable bonds is 6. The number of hydrogen-bond acceptors (Lipinski definition) is 3. The predicted molar refractivity (Wildman–Crippen MR) is 119 cm³/mol. The Labute approximate surface area is 173 Å². The zero-order valence-corrected chi connectivity index (χ0v) is 18.1. The number of nitrogens with one attached hydrogen (secondary N) is 2. The molecule has 4 nitrogen and oxygen atoms in total. The first-order valence-electron chi connectivity index (χ1n) is 8.52. The lowest BCUT2D eigenvalue weighted by Gasteiger charge is -2.14. The summed E-state index contributed by atoms with van der Waals surface area (Å²) in [6.45, 7) is 6.85. The maximum absolute atomic E-state index is 12.4. The Balaban J connectivity index is 2.01. The van der Waals surface area contributed by atoms with Gasteiger partial charge in [-0.2, -0.15) is 0 Å². The van der Waals surface area contributed by atoms with Gasteiger partial charge in [0.25, 0.3) is 5.91 Å². The third kappa shape index (κ3) is 6.25. The molecule has 0 aromatic heterocycles. The number of carbonyl (C=O) groups excluding carboxylic acids is 1. The summed E-state index contributed by atoms with van der Waals surface area (Å²) in [5, 5.41) is 6.11. The van der Waals surface area contributed by atoms with Crippen LogP contribution in [0.2, 0.25) is 0 Å². The molecule has 0 aliphatic carbocycles. The second-order valence-corrected chi connectivity index (χ2v) is 7.95. The molecule has 0 saturated carbocycles. The largest absolute Gasteiger partial charge is 0.493 e. The van der Waals surface area contributed by atoms with Gasteiger partial charge in [-0.05, 0) is 89.1 Å². The number of hydrogen-bond donors (Lipinski definition) is 2. The molecule has 0 heterocycles. The molecule has 6 heteroatoms. The molecule has 0 bridgehead atoms. The van der Waals surface area contributed by atoms with Gasteiger partial charge in [0.2, 0.25) is 0 Å². The van der Waals surface area contributed by atoms with Gasteiger partial charge in [-0.15, -0.1) is 0 Å². The van der Waals surface area contributed by atoms with Crippen molar-refractivity contribution < 1.29 is 9.53 Å². The van der Waals surface area contributed by atoms with E-state index in [4.69, 9.17) is 17.0 Å². The first kappa shape index (κ1) is 20.6. The standard InChI is InChI=1S/C20H23IN2O2S/c1-4-14-10-16(21)8-9-18(14)22-20(26)23-19(24)15-6-5-7-17(11-15)25-12-13(2)3/h5-11,13H,4,12H2,1-3H3,(H2,22,23,24,26). The first-order valence-corrected chi connectivity index (χ1v) is 10.0. The molecule has 2 N–H and O–H groups in total. The number of benzene rings is 2. The Morgan fingerprint density at radius 3 is 2.69 bits per heavy atom. The molecule has 2 aromatic carbocycles. The summed E-state index contributed by atoms with van der Waals surface area (Å²) in [5.41, 5.74) is 2.57. The average Bonchev–Trinajstić information content (AvgIpc) is 2.61. The Morgan fingerprint density at radius 2 is 2.00 bits per heavy atom. The highest BCUT2D eigenvalue weighted by Gasteiger charge is 2.11. The smallest absolute Gasteiger partial charge is 0.257 e. The van der Waals surface area contributed by atoms with Gasteiger partial charge in [0, 0.05) is 14.8 Å². The Hall–Kier alpha value is -1.67. The molecule has 0 radical (unpaired) electrons. The quantitative estimate of drug-likeness (QED) is 0.449. The number of halogens is 1. The lowest BCUT2D eigenvalue weighted by Crippen LogP contribution is -2.34. The van der Waals surface area contributed by atoms with Crippen LogP contribution in [0.25, 0.3) is 0 Å². The third-order valence-electron chi connectivity index (χ3n) is 3.60. The van der Waals surface area contributed by atoms with Crippen molar-refractivity contribution in [2.24, 2.45) is 5.92 Å². The zero-order valence-electron chi connectivity index (χ0n) is 15.1. The van der Waals surface area contributed by atoms with Crippen molar-refractivity contribution in [3.05, 3.63) is 57.2 Å². The van der Waals surface area contributed by atoms with E-state index in [-0.39, 0.29) is 11.0 Å². The molecule has 0 aliphatic rings. The molecule has 0 atom stereocenters. The SMILES string of the molecule is CCc1cc(I)ccc1NC(=S)NC(=O)c1cccc(OCC(C)C)c1. The van der Waals surface area contributed by atoms with E-state index in [1.54, 1.807) is 18.2 Å². The number of ether oxygens (including phenoxy) is 1. The number of amides is 1. The minimum absolute atomic E-state index is 0.263. The Kier molecular flexibility index (Phi) is 7.84. The van der Waals surface area contributed by atoms with Crippen LogP contribution in [0.3, 0.4) is 0 Å².